The van der Waals surface area contributed by atoms with E-state index in [-0.39, 0.29) is 12.2 Å². The first-order valence-electron chi connectivity index (χ1n) is 6.44. The normalized spacial score (nSPS) is 11.0. The van der Waals surface area contributed by atoms with Gasteiger partial charge in [-0.05, 0) is 29.2 Å². The fourth-order valence-electron chi connectivity index (χ4n) is 2.14. The third-order valence-electron chi connectivity index (χ3n) is 3.43. The smallest absolute Gasteiger partial charge is 0.256 e. The van der Waals surface area contributed by atoms with Gasteiger partial charge in [0, 0.05) is 12.6 Å². The summed E-state index contributed by atoms with van der Waals surface area (Å²) in [5.41, 5.74) is 3.42. The van der Waals surface area contributed by atoms with Gasteiger partial charge in [-0.1, -0.05) is 38.1 Å². The molecule has 0 saturated heterocycles. The Balaban J connectivity index is 2.48. The number of rotatable bonds is 3. The molecule has 0 aliphatic heterocycles. The van der Waals surface area contributed by atoms with Crippen LogP contribution in [0.1, 0.15) is 30.9 Å². The predicted molar refractivity (Wildman–Crippen MR) is 77.1 cm³/mol. The molecule has 0 radical (unpaired) electrons. The first-order chi connectivity index (χ1) is 9.04. The highest BCUT2D eigenvalue weighted by molar-refractivity contribution is 5.60. The molecule has 1 aromatic heterocycles. The zero-order valence-corrected chi connectivity index (χ0v) is 11.6. The molecule has 3 nitrogen and oxygen atoms in total. The van der Waals surface area contributed by atoms with Crippen LogP contribution in [0.5, 0.6) is 0 Å². The predicted octanol–water partition coefficient (Wildman–Crippen LogP) is 2.67. The van der Waals surface area contributed by atoms with Crippen molar-refractivity contribution in [2.24, 2.45) is 7.05 Å². The van der Waals surface area contributed by atoms with E-state index in [1.807, 2.05) is 18.2 Å². The average molecular weight is 257 g/mol. The Hall–Kier alpha value is -1.87. The molecule has 0 bridgehead atoms. The third-order valence-corrected chi connectivity index (χ3v) is 3.43. The number of benzene rings is 1. The Morgan fingerprint density at radius 2 is 1.74 bits per heavy atom. The Morgan fingerprint density at radius 1 is 1.11 bits per heavy atom. The lowest BCUT2D eigenvalue weighted by molar-refractivity contribution is 0.279. The van der Waals surface area contributed by atoms with E-state index in [0.717, 1.165) is 11.3 Å². The van der Waals surface area contributed by atoms with Crippen molar-refractivity contribution < 1.29 is 5.11 Å². The molecule has 0 atom stereocenters. The summed E-state index contributed by atoms with van der Waals surface area (Å²) in [6.45, 7) is 4.08. The van der Waals surface area contributed by atoms with E-state index in [1.54, 1.807) is 17.7 Å². The fourth-order valence-corrected chi connectivity index (χ4v) is 2.14. The van der Waals surface area contributed by atoms with Gasteiger partial charge in [0.25, 0.3) is 5.56 Å². The molecule has 1 heterocycles. The zero-order chi connectivity index (χ0) is 14.0. The van der Waals surface area contributed by atoms with Crippen LogP contribution in [0.3, 0.4) is 0 Å². The largest absolute Gasteiger partial charge is 0.391 e. The van der Waals surface area contributed by atoms with E-state index in [2.05, 4.69) is 26.0 Å². The van der Waals surface area contributed by atoms with Crippen molar-refractivity contribution in [3.8, 4) is 11.3 Å². The van der Waals surface area contributed by atoms with E-state index in [0.29, 0.717) is 11.5 Å². The molecule has 1 aromatic carbocycles. The summed E-state index contributed by atoms with van der Waals surface area (Å²) in [4.78, 5) is 12.0. The van der Waals surface area contributed by atoms with Gasteiger partial charge in [0.2, 0.25) is 0 Å². The lowest BCUT2D eigenvalue weighted by atomic mass is 10.0. The first kappa shape index (κ1) is 13.6. The van der Waals surface area contributed by atoms with Gasteiger partial charge in [-0.15, -0.1) is 0 Å². The van der Waals surface area contributed by atoms with E-state index < -0.39 is 0 Å². The highest BCUT2D eigenvalue weighted by atomic mass is 16.3. The van der Waals surface area contributed by atoms with E-state index in [1.165, 1.54) is 5.56 Å². The highest BCUT2D eigenvalue weighted by Gasteiger charge is 2.07. The lowest BCUT2D eigenvalue weighted by Gasteiger charge is -2.11. The van der Waals surface area contributed by atoms with Crippen molar-refractivity contribution in [2.75, 3.05) is 0 Å². The van der Waals surface area contributed by atoms with Crippen LogP contribution in [0.4, 0.5) is 0 Å². The monoisotopic (exact) mass is 257 g/mol. The molecular formula is C16H19NO2. The molecule has 0 saturated carbocycles. The minimum atomic E-state index is -0.223. The molecule has 0 spiro atoms. The number of hydrogen-bond acceptors (Lipinski definition) is 2. The van der Waals surface area contributed by atoms with Crippen molar-refractivity contribution in [3.05, 3.63) is 57.9 Å². The first-order valence-corrected chi connectivity index (χ1v) is 6.44. The third kappa shape index (κ3) is 2.61. The summed E-state index contributed by atoms with van der Waals surface area (Å²) >= 11 is 0. The van der Waals surface area contributed by atoms with Crippen LogP contribution in [-0.2, 0) is 13.7 Å². The number of nitrogens with zero attached hydrogens (tertiary/aromatic N) is 1. The van der Waals surface area contributed by atoms with Crippen LogP contribution in [0.2, 0.25) is 0 Å². The summed E-state index contributed by atoms with van der Waals surface area (Å²) in [7, 11) is 1.73. The van der Waals surface area contributed by atoms with Crippen molar-refractivity contribution in [1.82, 2.24) is 4.57 Å². The number of aliphatic hydroxyl groups excluding tert-OH is 1. The topological polar surface area (TPSA) is 42.2 Å². The standard InChI is InChI=1S/C16H19NO2/c1-11(2)12-4-6-13(7-5-12)15-9-8-14(10-18)16(19)17(15)3/h4-9,11,18H,10H2,1-3H3. The summed E-state index contributed by atoms with van der Waals surface area (Å²) in [6.07, 6.45) is 0. The second-order valence-electron chi connectivity index (χ2n) is 5.04. The average Bonchev–Trinajstić information content (AvgIpc) is 2.42. The second-order valence-corrected chi connectivity index (χ2v) is 5.04. The van der Waals surface area contributed by atoms with Crippen molar-refractivity contribution in [1.29, 1.82) is 0 Å². The quantitative estimate of drug-likeness (QED) is 0.918. The minimum absolute atomic E-state index is 0.145. The molecule has 0 amide bonds. The van der Waals surface area contributed by atoms with E-state index >= 15 is 0 Å². The molecule has 0 unspecified atom stereocenters. The van der Waals surface area contributed by atoms with Gasteiger partial charge in [-0.25, -0.2) is 0 Å². The second kappa shape index (κ2) is 5.41. The SMILES string of the molecule is CC(C)c1ccc(-c2ccc(CO)c(=O)n2C)cc1. The van der Waals surface area contributed by atoms with Gasteiger partial charge in [-0.2, -0.15) is 0 Å². The molecular weight excluding hydrogens is 238 g/mol. The van der Waals surface area contributed by atoms with Crippen molar-refractivity contribution in [3.63, 3.8) is 0 Å². The van der Waals surface area contributed by atoms with Crippen LogP contribution < -0.4 is 5.56 Å². The number of aromatic nitrogens is 1. The molecule has 0 aliphatic carbocycles. The Morgan fingerprint density at radius 3 is 2.26 bits per heavy atom. The van der Waals surface area contributed by atoms with Crippen LogP contribution >= 0.6 is 0 Å². The molecule has 2 aromatic rings. The van der Waals surface area contributed by atoms with E-state index in [4.69, 9.17) is 5.11 Å². The van der Waals surface area contributed by atoms with Crippen molar-refractivity contribution >= 4 is 0 Å². The number of hydrogen-bond donors (Lipinski definition) is 1. The van der Waals surface area contributed by atoms with Crippen molar-refractivity contribution in [2.45, 2.75) is 26.4 Å². The molecule has 2 rings (SSSR count). The number of pyridine rings is 1. The summed E-state index contributed by atoms with van der Waals surface area (Å²) in [5.74, 6) is 0.495. The summed E-state index contributed by atoms with van der Waals surface area (Å²) in [6, 6.07) is 11.8. The molecule has 0 fully saturated rings. The van der Waals surface area contributed by atoms with Gasteiger partial charge in [0.1, 0.15) is 0 Å². The lowest BCUT2D eigenvalue weighted by Crippen LogP contribution is -2.22. The molecule has 0 aliphatic rings. The zero-order valence-electron chi connectivity index (χ0n) is 11.6. The summed E-state index contributed by atoms with van der Waals surface area (Å²) in [5, 5.41) is 9.09. The molecule has 3 heteroatoms. The highest BCUT2D eigenvalue weighted by Crippen LogP contribution is 2.21. The summed E-state index contributed by atoms with van der Waals surface area (Å²) < 4.78 is 1.58. The Kier molecular flexibility index (Phi) is 3.86. The van der Waals surface area contributed by atoms with Gasteiger partial charge >= 0.3 is 0 Å². The van der Waals surface area contributed by atoms with Gasteiger partial charge in [0.05, 0.1) is 12.3 Å². The van der Waals surface area contributed by atoms with E-state index in [9.17, 15) is 4.79 Å². The minimum Gasteiger partial charge on any atom is -0.391 e. The van der Waals surface area contributed by atoms with Gasteiger partial charge in [0.15, 0.2) is 0 Å². The van der Waals surface area contributed by atoms with Crippen LogP contribution in [0.25, 0.3) is 11.3 Å². The fraction of sp³-hybridized carbons (Fsp3) is 0.312. The van der Waals surface area contributed by atoms with Gasteiger partial charge in [-0.3, -0.25) is 4.79 Å². The van der Waals surface area contributed by atoms with Crippen LogP contribution in [-0.4, -0.2) is 9.67 Å². The maximum absolute atomic E-state index is 12.0. The number of aliphatic hydroxyl groups is 1. The molecule has 19 heavy (non-hydrogen) atoms. The van der Waals surface area contributed by atoms with Crippen LogP contribution in [0.15, 0.2) is 41.2 Å². The maximum atomic E-state index is 12.0. The van der Waals surface area contributed by atoms with Gasteiger partial charge < -0.3 is 9.67 Å². The Bertz CT molecular complexity index is 624. The van der Waals surface area contributed by atoms with Crippen LogP contribution in [0, 0.1) is 0 Å². The Labute approximate surface area is 113 Å². The molecule has 100 valence electrons. The molecule has 1 N–H and O–H groups in total. The maximum Gasteiger partial charge on any atom is 0.256 e.